The summed E-state index contributed by atoms with van der Waals surface area (Å²) >= 11 is 0. The smallest absolute Gasteiger partial charge is 0.178 e. The Balaban J connectivity index is 2.15. The number of hydrogen-bond donors (Lipinski definition) is 1. The molecule has 3 aromatic rings. The number of rotatable bonds is 4. The van der Waals surface area contributed by atoms with Crippen LogP contribution in [0.15, 0.2) is 42.5 Å². The molecule has 0 spiro atoms. The third-order valence-electron chi connectivity index (χ3n) is 4.11. The molecule has 3 rings (SSSR count). The fraction of sp³-hybridized carbons (Fsp3) is 0.278. The van der Waals surface area contributed by atoms with Gasteiger partial charge in [-0.3, -0.25) is 4.90 Å². The van der Waals surface area contributed by atoms with Crippen molar-refractivity contribution in [1.82, 2.24) is 25.1 Å². The molecule has 6 heteroatoms. The quantitative estimate of drug-likeness (QED) is 0.799. The molecule has 0 aliphatic carbocycles. The maximum Gasteiger partial charge on any atom is 0.178 e. The molecule has 0 amide bonds. The van der Waals surface area contributed by atoms with Gasteiger partial charge in [-0.25, -0.2) is 0 Å². The molecule has 124 valence electrons. The van der Waals surface area contributed by atoms with Crippen molar-refractivity contribution in [3.8, 4) is 11.4 Å². The normalized spacial score (nSPS) is 12.5. The van der Waals surface area contributed by atoms with Crippen LogP contribution in [0.4, 0.5) is 0 Å². The van der Waals surface area contributed by atoms with Gasteiger partial charge in [-0.2, -0.15) is 4.68 Å². The number of tetrazole rings is 1. The van der Waals surface area contributed by atoms with E-state index >= 15 is 0 Å². The van der Waals surface area contributed by atoms with E-state index in [4.69, 9.17) is 0 Å². The summed E-state index contributed by atoms with van der Waals surface area (Å²) in [6.07, 6.45) is 0. The van der Waals surface area contributed by atoms with E-state index in [9.17, 15) is 5.11 Å². The first-order valence-corrected chi connectivity index (χ1v) is 7.79. The molecule has 1 atom stereocenters. The third-order valence-corrected chi connectivity index (χ3v) is 4.11. The fourth-order valence-electron chi connectivity index (χ4n) is 3.00. The molecular formula is C18H21N5O. The fourth-order valence-corrected chi connectivity index (χ4v) is 3.00. The molecule has 0 fully saturated rings. The maximum atomic E-state index is 9.55. The molecule has 0 aliphatic rings. The maximum absolute atomic E-state index is 9.55. The zero-order valence-corrected chi connectivity index (χ0v) is 14.3. The van der Waals surface area contributed by atoms with Crippen molar-refractivity contribution >= 4 is 0 Å². The summed E-state index contributed by atoms with van der Waals surface area (Å²) in [6.45, 7) is 4.11. The minimum absolute atomic E-state index is 0.125. The van der Waals surface area contributed by atoms with Gasteiger partial charge in [0.1, 0.15) is 5.75 Å². The average molecular weight is 323 g/mol. The number of phenolic OH excluding ortho intramolecular Hbond substituents is 1. The molecule has 0 unspecified atom stereocenters. The summed E-state index contributed by atoms with van der Waals surface area (Å²) in [7, 11) is 3.97. The Morgan fingerprint density at radius 2 is 1.62 bits per heavy atom. The highest BCUT2D eigenvalue weighted by Crippen LogP contribution is 2.29. The number of nitrogens with zero attached hydrogens (tertiary/aromatic N) is 5. The van der Waals surface area contributed by atoms with E-state index in [1.165, 1.54) is 0 Å². The molecular weight excluding hydrogens is 302 g/mol. The molecule has 24 heavy (non-hydrogen) atoms. The van der Waals surface area contributed by atoms with Crippen molar-refractivity contribution in [2.24, 2.45) is 0 Å². The first kappa shape index (κ1) is 16.1. The second-order valence-corrected chi connectivity index (χ2v) is 6.15. The topological polar surface area (TPSA) is 67.1 Å². The highest BCUT2D eigenvalue weighted by Gasteiger charge is 2.25. The van der Waals surface area contributed by atoms with Crippen LogP contribution in [0.2, 0.25) is 0 Å². The zero-order chi connectivity index (χ0) is 17.3. The van der Waals surface area contributed by atoms with E-state index in [1.54, 1.807) is 12.1 Å². The van der Waals surface area contributed by atoms with Crippen LogP contribution in [0.25, 0.3) is 5.69 Å². The Bertz CT molecular complexity index is 819. The molecule has 2 aromatic carbocycles. The van der Waals surface area contributed by atoms with Gasteiger partial charge in [-0.15, -0.1) is 5.10 Å². The standard InChI is InChI=1S/C18H21N5O/c1-12-6-5-7-13(2)16(12)23-18(19-20-21-23)17(22(3)4)14-8-10-15(24)11-9-14/h5-11,17,24H,1-4H3/t17-/m1/s1. The van der Waals surface area contributed by atoms with Crippen LogP contribution in [0, 0.1) is 13.8 Å². The third kappa shape index (κ3) is 2.88. The Labute approximate surface area is 141 Å². The van der Waals surface area contributed by atoms with Gasteiger partial charge in [-0.05, 0) is 67.2 Å². The number of aryl methyl sites for hydroxylation is 2. The van der Waals surface area contributed by atoms with Gasteiger partial charge in [0.25, 0.3) is 0 Å². The molecule has 1 heterocycles. The van der Waals surface area contributed by atoms with Crippen LogP contribution in [-0.2, 0) is 0 Å². The van der Waals surface area contributed by atoms with Crippen LogP contribution >= 0.6 is 0 Å². The predicted molar refractivity (Wildman–Crippen MR) is 92.3 cm³/mol. The lowest BCUT2D eigenvalue weighted by atomic mass is 10.0. The minimum Gasteiger partial charge on any atom is -0.508 e. The van der Waals surface area contributed by atoms with Crippen molar-refractivity contribution in [3.63, 3.8) is 0 Å². The van der Waals surface area contributed by atoms with Crippen molar-refractivity contribution in [1.29, 1.82) is 0 Å². The van der Waals surface area contributed by atoms with Crippen LogP contribution in [0.1, 0.15) is 28.6 Å². The second kappa shape index (κ2) is 6.41. The average Bonchev–Trinajstić information content (AvgIpc) is 2.98. The summed E-state index contributed by atoms with van der Waals surface area (Å²) in [6, 6.07) is 13.2. The highest BCUT2D eigenvalue weighted by molar-refractivity contribution is 5.47. The summed E-state index contributed by atoms with van der Waals surface area (Å²) in [5, 5.41) is 22.0. The molecule has 1 aromatic heterocycles. The summed E-state index contributed by atoms with van der Waals surface area (Å²) in [5.41, 5.74) is 4.25. The van der Waals surface area contributed by atoms with E-state index in [0.717, 1.165) is 28.2 Å². The summed E-state index contributed by atoms with van der Waals surface area (Å²) < 4.78 is 1.81. The minimum atomic E-state index is -0.125. The van der Waals surface area contributed by atoms with Crippen LogP contribution in [0.3, 0.4) is 0 Å². The Morgan fingerprint density at radius 3 is 2.21 bits per heavy atom. The van der Waals surface area contributed by atoms with Crippen molar-refractivity contribution in [2.75, 3.05) is 14.1 Å². The van der Waals surface area contributed by atoms with Gasteiger partial charge in [0.15, 0.2) is 5.82 Å². The molecule has 0 aliphatic heterocycles. The number of benzene rings is 2. The number of aromatic nitrogens is 4. The molecule has 1 N–H and O–H groups in total. The predicted octanol–water partition coefficient (Wildman–Crippen LogP) is 2.64. The summed E-state index contributed by atoms with van der Waals surface area (Å²) in [4.78, 5) is 2.06. The Morgan fingerprint density at radius 1 is 1.00 bits per heavy atom. The van der Waals surface area contributed by atoms with Crippen molar-refractivity contribution < 1.29 is 5.11 Å². The Hall–Kier alpha value is -2.73. The van der Waals surface area contributed by atoms with Crippen molar-refractivity contribution in [3.05, 3.63) is 65.0 Å². The second-order valence-electron chi connectivity index (χ2n) is 6.15. The number of aromatic hydroxyl groups is 1. The molecule has 0 saturated heterocycles. The number of para-hydroxylation sites is 1. The Kier molecular flexibility index (Phi) is 4.31. The van der Waals surface area contributed by atoms with Crippen LogP contribution in [0.5, 0.6) is 5.75 Å². The highest BCUT2D eigenvalue weighted by atomic mass is 16.3. The summed E-state index contributed by atoms with van der Waals surface area (Å²) in [5.74, 6) is 0.980. The van der Waals surface area contributed by atoms with Gasteiger partial charge < -0.3 is 5.11 Å². The molecule has 0 saturated carbocycles. The van der Waals surface area contributed by atoms with Crippen LogP contribution < -0.4 is 0 Å². The van der Waals surface area contributed by atoms with E-state index in [2.05, 4.69) is 46.4 Å². The molecule has 0 bridgehead atoms. The number of hydrogen-bond acceptors (Lipinski definition) is 5. The van der Waals surface area contributed by atoms with E-state index < -0.39 is 0 Å². The van der Waals surface area contributed by atoms with Gasteiger partial charge in [-0.1, -0.05) is 30.3 Å². The van der Waals surface area contributed by atoms with Gasteiger partial charge >= 0.3 is 0 Å². The molecule has 0 radical (unpaired) electrons. The lowest BCUT2D eigenvalue weighted by Crippen LogP contribution is -2.25. The van der Waals surface area contributed by atoms with Gasteiger partial charge in [0.05, 0.1) is 11.7 Å². The van der Waals surface area contributed by atoms with Gasteiger partial charge in [0, 0.05) is 0 Å². The lowest BCUT2D eigenvalue weighted by molar-refractivity contribution is 0.325. The van der Waals surface area contributed by atoms with E-state index in [0.29, 0.717) is 0 Å². The SMILES string of the molecule is Cc1cccc(C)c1-n1nnnc1[C@@H](c1ccc(O)cc1)N(C)C. The monoisotopic (exact) mass is 323 g/mol. The number of phenols is 1. The van der Waals surface area contributed by atoms with Gasteiger partial charge in [0.2, 0.25) is 0 Å². The van der Waals surface area contributed by atoms with E-state index in [-0.39, 0.29) is 11.8 Å². The first-order valence-electron chi connectivity index (χ1n) is 7.79. The van der Waals surface area contributed by atoms with E-state index in [1.807, 2.05) is 37.0 Å². The van der Waals surface area contributed by atoms with Crippen molar-refractivity contribution in [2.45, 2.75) is 19.9 Å². The lowest BCUT2D eigenvalue weighted by Gasteiger charge is -2.24. The molecule has 6 nitrogen and oxygen atoms in total. The largest absolute Gasteiger partial charge is 0.508 e. The van der Waals surface area contributed by atoms with Crippen LogP contribution in [-0.4, -0.2) is 44.3 Å². The zero-order valence-electron chi connectivity index (χ0n) is 14.3. The first-order chi connectivity index (χ1) is 11.5.